The summed E-state index contributed by atoms with van der Waals surface area (Å²) >= 11 is 0. The van der Waals surface area contributed by atoms with Gasteiger partial charge in [-0.25, -0.2) is 4.98 Å². The number of benzene rings is 6. The Morgan fingerprint density at radius 3 is 1.73 bits per heavy atom. The number of nitrogens with zero attached hydrogens (tertiary/aromatic N) is 4. The van der Waals surface area contributed by atoms with Crippen molar-refractivity contribution in [1.82, 2.24) is 14.1 Å². The Labute approximate surface area is 398 Å². The van der Waals surface area contributed by atoms with E-state index in [0.717, 1.165) is 56.4 Å². The van der Waals surface area contributed by atoms with Gasteiger partial charge >= 0.3 is 0 Å². The van der Waals surface area contributed by atoms with Crippen LogP contribution in [-0.4, -0.2) is 14.1 Å². The molecule has 0 aliphatic heterocycles. The Morgan fingerprint density at radius 1 is 0.463 bits per heavy atom. The molecule has 0 amide bonds. The topological polar surface area (TPSA) is 35.9 Å². The summed E-state index contributed by atoms with van der Waals surface area (Å²) in [6, 6.07) is 54.9. The van der Waals surface area contributed by atoms with Crippen LogP contribution in [-0.2, 0) is 27.1 Å². The molecule has 9 rings (SSSR count). The number of hydrogen-bond acceptors (Lipinski definition) is 2. The molecule has 0 aliphatic rings. The Balaban J connectivity index is 1.25. The molecule has 3 aromatic heterocycles. The molecule has 3 heterocycles. The molecule has 0 unspecified atom stereocenters. The summed E-state index contributed by atoms with van der Waals surface area (Å²) < 4.78 is 13.9. The Bertz CT molecular complexity index is 3250. The first-order valence-corrected chi connectivity index (χ1v) is 23.8. The maximum absolute atomic E-state index is 7.15. The lowest BCUT2D eigenvalue weighted by Crippen LogP contribution is -2.29. The number of hydrogen-bond donors (Lipinski definition) is 0. The minimum Gasteiger partial charge on any atom is -0.458 e. The molecule has 0 saturated heterocycles. The van der Waals surface area contributed by atoms with Crippen LogP contribution in [0.2, 0.25) is 0 Å². The third-order valence-corrected chi connectivity index (χ3v) is 13.9. The van der Waals surface area contributed by atoms with Crippen LogP contribution in [0, 0.1) is 6.33 Å². The van der Waals surface area contributed by atoms with E-state index < -0.39 is 0 Å². The molecule has 0 N–H and O–H groups in total. The summed E-state index contributed by atoms with van der Waals surface area (Å²) in [6.07, 6.45) is 8.04. The van der Waals surface area contributed by atoms with E-state index in [0.29, 0.717) is 0 Å². The first-order valence-electron chi connectivity index (χ1n) is 23.8. The summed E-state index contributed by atoms with van der Waals surface area (Å²) in [7, 11) is 0. The molecule has 6 aromatic carbocycles. The zero-order valence-electron chi connectivity index (χ0n) is 41.8. The molecule has 0 atom stereocenters. The quantitative estimate of drug-likeness (QED) is 0.107. The molecule has 5 nitrogen and oxygen atoms in total. The van der Waals surface area contributed by atoms with E-state index in [-0.39, 0.29) is 27.1 Å². The summed E-state index contributed by atoms with van der Waals surface area (Å²) in [5, 5.41) is 2.36. The first kappa shape index (κ1) is 45.4. The van der Waals surface area contributed by atoms with Gasteiger partial charge in [0, 0.05) is 40.1 Å². The van der Waals surface area contributed by atoms with E-state index in [1.54, 1.807) is 0 Å². The van der Waals surface area contributed by atoms with Gasteiger partial charge in [0.1, 0.15) is 17.3 Å². The third kappa shape index (κ3) is 8.73. The summed E-state index contributed by atoms with van der Waals surface area (Å²) in [5.74, 6) is 2.38. The Hall–Kier alpha value is -6.72. The van der Waals surface area contributed by atoms with Crippen molar-refractivity contribution in [3.63, 3.8) is 0 Å². The average molecular weight is 883 g/mol. The standard InChI is InChI=1S/C62H66N4O/c1-58(2,3)44-25-20-26-48(33-44)64-40-56(62(12,13)43-23-18-15-19-24-43)65(41-64)49-34-47(61(10,11)42-21-16-14-17-22-42)35-51(38-49)67-50-28-29-52-53-36-45(59(4,5)6)27-30-54(53)66(55(52)39-50)57-37-46(31-32-63-57)60(7,8)9/h14-40H,1-13H3. The molecule has 340 valence electrons. The molecule has 0 aliphatic carbocycles. The molecule has 0 spiro atoms. The maximum atomic E-state index is 7.15. The average Bonchev–Trinajstić information content (AvgIpc) is 3.89. The summed E-state index contributed by atoms with van der Waals surface area (Å²) in [4.78, 5) is 5.00. The molecule has 67 heavy (non-hydrogen) atoms. The number of imidazole rings is 1. The third-order valence-electron chi connectivity index (χ3n) is 13.9. The van der Waals surface area contributed by atoms with Crippen LogP contribution in [0.15, 0.2) is 164 Å². The van der Waals surface area contributed by atoms with Gasteiger partial charge in [-0.15, -0.1) is 0 Å². The van der Waals surface area contributed by atoms with Crippen LogP contribution in [0.4, 0.5) is 0 Å². The van der Waals surface area contributed by atoms with Gasteiger partial charge in [0.05, 0.1) is 28.1 Å². The zero-order valence-corrected chi connectivity index (χ0v) is 41.8. The molecule has 9 aromatic rings. The molecule has 0 fully saturated rings. The molecular weight excluding hydrogens is 817 g/mol. The predicted octanol–water partition coefficient (Wildman–Crippen LogP) is 15.4. The van der Waals surface area contributed by atoms with Gasteiger partial charge < -0.3 is 4.74 Å². The summed E-state index contributed by atoms with van der Waals surface area (Å²) in [6.45, 7) is 29.6. The molecule has 0 saturated carbocycles. The van der Waals surface area contributed by atoms with E-state index in [1.165, 1.54) is 33.2 Å². The highest BCUT2D eigenvalue weighted by molar-refractivity contribution is 6.09. The van der Waals surface area contributed by atoms with Crippen LogP contribution >= 0.6 is 0 Å². The number of pyridine rings is 1. The van der Waals surface area contributed by atoms with Crippen molar-refractivity contribution in [3.8, 4) is 28.7 Å². The lowest BCUT2D eigenvalue weighted by atomic mass is 9.78. The SMILES string of the molecule is CC(C)(C)c1cccc(-[n+]2[c-]n(-c3cc(Oc4ccc5c6cc(C(C)(C)C)ccc6n(-c6cc(C(C)(C)C)ccn6)c5c4)cc(C(C)(C)c4ccccc4)c3)c(C(C)(C)c3ccccc3)c2)c1. The smallest absolute Gasteiger partial charge is 0.269 e. The van der Waals surface area contributed by atoms with Gasteiger partial charge in [0.15, 0.2) is 0 Å². The second-order valence-electron chi connectivity index (χ2n) is 22.6. The monoisotopic (exact) mass is 883 g/mol. The normalized spacial score (nSPS) is 12.9. The lowest BCUT2D eigenvalue weighted by Gasteiger charge is -2.29. The van der Waals surface area contributed by atoms with Crippen molar-refractivity contribution >= 4 is 21.8 Å². The highest BCUT2D eigenvalue weighted by Crippen LogP contribution is 2.41. The summed E-state index contributed by atoms with van der Waals surface area (Å²) in [5.41, 5.74) is 11.9. The van der Waals surface area contributed by atoms with Crippen molar-refractivity contribution in [2.24, 2.45) is 0 Å². The van der Waals surface area contributed by atoms with E-state index in [2.05, 4.69) is 268 Å². The van der Waals surface area contributed by atoms with Crippen molar-refractivity contribution in [3.05, 3.63) is 209 Å². The van der Waals surface area contributed by atoms with Gasteiger partial charge in [-0.05, 0) is 116 Å². The molecule has 0 radical (unpaired) electrons. The minimum absolute atomic E-state index is 0.00459. The number of ether oxygens (including phenoxy) is 1. The molecular formula is C62H66N4O. The van der Waals surface area contributed by atoms with Crippen LogP contribution in [0.25, 0.3) is 39.0 Å². The van der Waals surface area contributed by atoms with E-state index >= 15 is 0 Å². The highest BCUT2D eigenvalue weighted by Gasteiger charge is 2.31. The van der Waals surface area contributed by atoms with Crippen LogP contribution in [0.5, 0.6) is 11.5 Å². The van der Waals surface area contributed by atoms with Crippen LogP contribution in [0.1, 0.15) is 129 Å². The number of aromatic nitrogens is 4. The van der Waals surface area contributed by atoms with Gasteiger partial charge in [-0.2, -0.15) is 0 Å². The first-order chi connectivity index (χ1) is 31.6. The second kappa shape index (κ2) is 16.6. The predicted molar refractivity (Wildman–Crippen MR) is 278 cm³/mol. The Kier molecular flexibility index (Phi) is 11.2. The highest BCUT2D eigenvalue weighted by atomic mass is 16.5. The lowest BCUT2D eigenvalue weighted by molar-refractivity contribution is -0.599. The fraction of sp³-hybridized carbons (Fsp3) is 0.290. The maximum Gasteiger partial charge on any atom is 0.269 e. The van der Waals surface area contributed by atoms with E-state index in [1.807, 2.05) is 6.20 Å². The Morgan fingerprint density at radius 2 is 1.07 bits per heavy atom. The zero-order chi connectivity index (χ0) is 47.7. The fourth-order valence-electron chi connectivity index (χ4n) is 9.34. The second-order valence-corrected chi connectivity index (χ2v) is 22.6. The van der Waals surface area contributed by atoms with Crippen LogP contribution in [0.3, 0.4) is 0 Å². The van der Waals surface area contributed by atoms with Crippen molar-refractivity contribution in [2.45, 2.75) is 117 Å². The molecule has 0 bridgehead atoms. The van der Waals surface area contributed by atoms with Crippen molar-refractivity contribution in [1.29, 1.82) is 0 Å². The van der Waals surface area contributed by atoms with Gasteiger partial charge in [0.25, 0.3) is 6.33 Å². The number of fused-ring (bicyclic) bond motifs is 3. The van der Waals surface area contributed by atoms with Gasteiger partial charge in [-0.1, -0.05) is 169 Å². The van der Waals surface area contributed by atoms with E-state index in [4.69, 9.17) is 9.72 Å². The molecule has 5 heteroatoms. The fourth-order valence-corrected chi connectivity index (χ4v) is 9.34. The van der Waals surface area contributed by atoms with Crippen molar-refractivity contribution < 1.29 is 9.30 Å². The van der Waals surface area contributed by atoms with E-state index in [9.17, 15) is 0 Å². The van der Waals surface area contributed by atoms with Crippen molar-refractivity contribution in [2.75, 3.05) is 0 Å². The van der Waals surface area contributed by atoms with Gasteiger partial charge in [-0.3, -0.25) is 13.7 Å². The van der Waals surface area contributed by atoms with Gasteiger partial charge in [0.2, 0.25) is 0 Å². The largest absolute Gasteiger partial charge is 0.458 e. The number of rotatable bonds is 9. The minimum atomic E-state index is -0.389. The van der Waals surface area contributed by atoms with Crippen LogP contribution < -0.4 is 9.30 Å².